The van der Waals surface area contributed by atoms with Crippen LogP contribution in [0.3, 0.4) is 0 Å². The van der Waals surface area contributed by atoms with Crippen LogP contribution in [0.4, 0.5) is 17.5 Å². The number of rotatable bonds is 9. The SMILES string of the molecule is COc1ccc(CC(=O)NCCNc2cc(Nc3ccccn3)ncn2)cc1C. The Kier molecular flexibility index (Phi) is 6.94. The van der Waals surface area contributed by atoms with Gasteiger partial charge in [-0.25, -0.2) is 15.0 Å². The van der Waals surface area contributed by atoms with Gasteiger partial charge in [0.2, 0.25) is 5.91 Å². The van der Waals surface area contributed by atoms with E-state index in [0.29, 0.717) is 37.0 Å². The Morgan fingerprint density at radius 2 is 1.86 bits per heavy atom. The van der Waals surface area contributed by atoms with Crippen LogP contribution >= 0.6 is 0 Å². The number of carbonyl (C=O) groups is 1. The fourth-order valence-electron chi connectivity index (χ4n) is 2.78. The lowest BCUT2D eigenvalue weighted by Crippen LogP contribution is -2.30. The quantitative estimate of drug-likeness (QED) is 0.481. The average Bonchev–Trinajstić information content (AvgIpc) is 2.72. The number of aryl methyl sites for hydroxylation is 1. The summed E-state index contributed by atoms with van der Waals surface area (Å²) in [5.41, 5.74) is 1.97. The van der Waals surface area contributed by atoms with Gasteiger partial charge >= 0.3 is 0 Å². The Labute approximate surface area is 169 Å². The molecule has 3 N–H and O–H groups in total. The molecule has 0 spiro atoms. The lowest BCUT2D eigenvalue weighted by atomic mass is 10.1. The van der Waals surface area contributed by atoms with Crippen LogP contribution < -0.4 is 20.7 Å². The Hall–Kier alpha value is -3.68. The molecule has 0 saturated heterocycles. The van der Waals surface area contributed by atoms with Gasteiger partial charge in [0, 0.05) is 25.4 Å². The molecule has 0 bridgehead atoms. The van der Waals surface area contributed by atoms with E-state index >= 15 is 0 Å². The van der Waals surface area contributed by atoms with Crippen LogP contribution in [0.2, 0.25) is 0 Å². The first-order chi connectivity index (χ1) is 14.1. The number of aromatic nitrogens is 3. The maximum absolute atomic E-state index is 12.1. The van der Waals surface area contributed by atoms with Gasteiger partial charge in [0.15, 0.2) is 0 Å². The molecule has 2 heterocycles. The van der Waals surface area contributed by atoms with Crippen molar-refractivity contribution < 1.29 is 9.53 Å². The lowest BCUT2D eigenvalue weighted by molar-refractivity contribution is -0.120. The van der Waals surface area contributed by atoms with Crippen LogP contribution in [0, 0.1) is 6.92 Å². The molecular formula is C21H24N6O2. The second kappa shape index (κ2) is 10.0. The third-order valence-corrected chi connectivity index (χ3v) is 4.17. The summed E-state index contributed by atoms with van der Waals surface area (Å²) in [4.78, 5) is 24.7. The highest BCUT2D eigenvalue weighted by Gasteiger charge is 2.06. The minimum atomic E-state index is -0.0310. The van der Waals surface area contributed by atoms with E-state index in [1.807, 2.05) is 43.3 Å². The molecule has 8 nitrogen and oxygen atoms in total. The summed E-state index contributed by atoms with van der Waals surface area (Å²) in [5.74, 6) is 2.80. The van der Waals surface area contributed by atoms with Crippen molar-refractivity contribution in [3.05, 3.63) is 66.1 Å². The van der Waals surface area contributed by atoms with E-state index in [1.165, 1.54) is 6.33 Å². The van der Waals surface area contributed by atoms with Crippen LogP contribution in [0.5, 0.6) is 5.75 Å². The van der Waals surface area contributed by atoms with E-state index in [9.17, 15) is 4.79 Å². The van der Waals surface area contributed by atoms with Crippen molar-refractivity contribution in [3.63, 3.8) is 0 Å². The van der Waals surface area contributed by atoms with Crippen LogP contribution in [0.1, 0.15) is 11.1 Å². The zero-order valence-corrected chi connectivity index (χ0v) is 16.5. The molecule has 3 rings (SSSR count). The number of hydrogen-bond donors (Lipinski definition) is 3. The van der Waals surface area contributed by atoms with E-state index in [1.54, 1.807) is 19.4 Å². The Bertz CT molecular complexity index is 949. The van der Waals surface area contributed by atoms with E-state index in [4.69, 9.17) is 4.74 Å². The number of carbonyl (C=O) groups excluding carboxylic acids is 1. The molecule has 2 aromatic heterocycles. The fourth-order valence-corrected chi connectivity index (χ4v) is 2.78. The largest absolute Gasteiger partial charge is 0.496 e. The van der Waals surface area contributed by atoms with Crippen molar-refractivity contribution in [2.45, 2.75) is 13.3 Å². The van der Waals surface area contributed by atoms with Gasteiger partial charge in [-0.3, -0.25) is 4.79 Å². The topological polar surface area (TPSA) is 101 Å². The highest BCUT2D eigenvalue weighted by Crippen LogP contribution is 2.18. The molecule has 1 amide bonds. The van der Waals surface area contributed by atoms with E-state index in [2.05, 4.69) is 30.9 Å². The van der Waals surface area contributed by atoms with Gasteiger partial charge in [-0.05, 0) is 36.2 Å². The predicted molar refractivity (Wildman–Crippen MR) is 112 cm³/mol. The number of benzene rings is 1. The van der Waals surface area contributed by atoms with Crippen molar-refractivity contribution >= 4 is 23.4 Å². The van der Waals surface area contributed by atoms with Gasteiger partial charge in [0.05, 0.1) is 13.5 Å². The summed E-state index contributed by atoms with van der Waals surface area (Å²) in [6.07, 6.45) is 3.51. The molecule has 1 aromatic carbocycles. The van der Waals surface area contributed by atoms with Gasteiger partial charge in [-0.2, -0.15) is 0 Å². The van der Waals surface area contributed by atoms with Crippen molar-refractivity contribution in [2.24, 2.45) is 0 Å². The third-order valence-electron chi connectivity index (χ3n) is 4.17. The fraction of sp³-hybridized carbons (Fsp3) is 0.238. The van der Waals surface area contributed by atoms with Crippen LogP contribution in [-0.2, 0) is 11.2 Å². The normalized spacial score (nSPS) is 10.3. The van der Waals surface area contributed by atoms with Gasteiger partial charge in [0.25, 0.3) is 0 Å². The number of nitrogens with zero attached hydrogens (tertiary/aromatic N) is 3. The molecule has 0 aliphatic carbocycles. The molecule has 0 atom stereocenters. The number of ether oxygens (including phenoxy) is 1. The monoisotopic (exact) mass is 392 g/mol. The van der Waals surface area contributed by atoms with E-state index in [0.717, 1.165) is 16.9 Å². The number of methoxy groups -OCH3 is 1. The summed E-state index contributed by atoms with van der Waals surface area (Å²) in [7, 11) is 1.64. The van der Waals surface area contributed by atoms with Crippen LogP contribution in [0.15, 0.2) is 55.0 Å². The molecule has 0 radical (unpaired) electrons. The molecule has 0 aliphatic heterocycles. The van der Waals surface area contributed by atoms with Gasteiger partial charge < -0.3 is 20.7 Å². The zero-order chi connectivity index (χ0) is 20.5. The smallest absolute Gasteiger partial charge is 0.224 e. The maximum Gasteiger partial charge on any atom is 0.224 e. The van der Waals surface area contributed by atoms with E-state index in [-0.39, 0.29) is 5.91 Å². The Morgan fingerprint density at radius 1 is 1.00 bits per heavy atom. The molecule has 0 saturated carbocycles. The van der Waals surface area contributed by atoms with Crippen molar-refractivity contribution in [1.29, 1.82) is 0 Å². The highest BCUT2D eigenvalue weighted by molar-refractivity contribution is 5.78. The molecule has 8 heteroatoms. The molecule has 0 fully saturated rings. The Balaban J connectivity index is 1.42. The second-order valence-electron chi connectivity index (χ2n) is 6.39. The third kappa shape index (κ3) is 6.17. The van der Waals surface area contributed by atoms with Crippen molar-refractivity contribution in [1.82, 2.24) is 20.3 Å². The number of amides is 1. The lowest BCUT2D eigenvalue weighted by Gasteiger charge is -2.10. The first-order valence-corrected chi connectivity index (χ1v) is 9.28. The summed E-state index contributed by atoms with van der Waals surface area (Å²) >= 11 is 0. The number of nitrogens with one attached hydrogen (secondary N) is 3. The molecule has 0 aliphatic rings. The Morgan fingerprint density at radius 3 is 2.62 bits per heavy atom. The predicted octanol–water partition coefficient (Wildman–Crippen LogP) is 2.70. The summed E-state index contributed by atoms with van der Waals surface area (Å²) in [6, 6.07) is 13.1. The van der Waals surface area contributed by atoms with E-state index < -0.39 is 0 Å². The first-order valence-electron chi connectivity index (χ1n) is 9.28. The molecule has 3 aromatic rings. The summed E-state index contributed by atoms with van der Waals surface area (Å²) in [6.45, 7) is 3.00. The number of hydrogen-bond acceptors (Lipinski definition) is 7. The van der Waals surface area contributed by atoms with Gasteiger partial charge in [-0.1, -0.05) is 18.2 Å². The van der Waals surface area contributed by atoms with Crippen LogP contribution in [-0.4, -0.2) is 41.1 Å². The molecule has 0 unspecified atom stereocenters. The molecule has 29 heavy (non-hydrogen) atoms. The highest BCUT2D eigenvalue weighted by atomic mass is 16.5. The standard InChI is InChI=1S/C21H24N6O2/c1-15-11-16(6-7-17(15)29-2)12-21(28)24-10-9-23-19-13-20(26-14-25-19)27-18-5-3-4-8-22-18/h3-8,11,13-14H,9-10,12H2,1-2H3,(H,24,28)(H2,22,23,25,26,27). The number of anilines is 3. The molecular weight excluding hydrogens is 368 g/mol. The molecule has 150 valence electrons. The zero-order valence-electron chi connectivity index (χ0n) is 16.5. The summed E-state index contributed by atoms with van der Waals surface area (Å²) < 4.78 is 5.24. The second-order valence-corrected chi connectivity index (χ2v) is 6.39. The minimum Gasteiger partial charge on any atom is -0.496 e. The van der Waals surface area contributed by atoms with Crippen molar-refractivity contribution in [3.8, 4) is 5.75 Å². The number of pyridine rings is 1. The van der Waals surface area contributed by atoms with Crippen molar-refractivity contribution in [2.75, 3.05) is 30.8 Å². The maximum atomic E-state index is 12.1. The first kappa shape index (κ1) is 20.1. The van der Waals surface area contributed by atoms with Gasteiger partial charge in [-0.15, -0.1) is 0 Å². The average molecular weight is 392 g/mol. The summed E-state index contributed by atoms with van der Waals surface area (Å²) in [5, 5.41) is 9.19. The minimum absolute atomic E-state index is 0.0310. The van der Waals surface area contributed by atoms with Gasteiger partial charge in [0.1, 0.15) is 29.5 Å². The van der Waals surface area contributed by atoms with Crippen LogP contribution in [0.25, 0.3) is 0 Å².